The van der Waals surface area contributed by atoms with E-state index in [0.29, 0.717) is 11.4 Å². The summed E-state index contributed by atoms with van der Waals surface area (Å²) < 4.78 is 1.28. The summed E-state index contributed by atoms with van der Waals surface area (Å²) in [6, 6.07) is 14.7. The van der Waals surface area contributed by atoms with Crippen molar-refractivity contribution in [2.75, 3.05) is 5.32 Å². The normalized spacial score (nSPS) is 11.9. The number of hydrogen-bond acceptors (Lipinski definition) is 4. The number of nitrogens with one attached hydrogen (secondary N) is 1. The number of para-hydroxylation sites is 1. The molecule has 0 saturated heterocycles. The van der Waals surface area contributed by atoms with E-state index in [2.05, 4.69) is 15.4 Å². The molecule has 1 aromatic carbocycles. The molecular weight excluding hydrogens is 312 g/mol. The molecule has 0 aliphatic rings. The molecule has 3 aromatic rings. The van der Waals surface area contributed by atoms with Crippen molar-refractivity contribution in [2.45, 2.75) is 13.0 Å². The highest BCUT2D eigenvalue weighted by molar-refractivity contribution is 6.32. The molecule has 2 heterocycles. The fourth-order valence-electron chi connectivity index (χ4n) is 2.23. The average Bonchev–Trinajstić information content (AvgIpc) is 2.60. The third-order valence-electron chi connectivity index (χ3n) is 3.42. The van der Waals surface area contributed by atoms with Crippen LogP contribution in [-0.2, 0) is 0 Å². The van der Waals surface area contributed by atoms with Crippen LogP contribution in [0.2, 0.25) is 5.02 Å². The van der Waals surface area contributed by atoms with Gasteiger partial charge in [0.15, 0.2) is 0 Å². The van der Waals surface area contributed by atoms with Gasteiger partial charge in [-0.2, -0.15) is 9.78 Å². The monoisotopic (exact) mass is 326 g/mol. The van der Waals surface area contributed by atoms with Crippen LogP contribution in [0.3, 0.4) is 0 Å². The van der Waals surface area contributed by atoms with Crippen LogP contribution in [0.15, 0.2) is 65.7 Å². The van der Waals surface area contributed by atoms with E-state index in [1.165, 1.54) is 4.68 Å². The van der Waals surface area contributed by atoms with E-state index in [1.807, 2.05) is 43.3 Å². The van der Waals surface area contributed by atoms with E-state index in [-0.39, 0.29) is 16.6 Å². The molecule has 0 saturated carbocycles. The van der Waals surface area contributed by atoms with Gasteiger partial charge in [-0.25, -0.2) is 0 Å². The number of pyridine rings is 1. The first-order chi connectivity index (χ1) is 11.2. The Morgan fingerprint density at radius 1 is 1.13 bits per heavy atom. The molecule has 0 bridgehead atoms. The standard InChI is InChI=1S/C17H15ClN4O/c1-12(14-9-5-6-10-19-14)21-15-11-20-22(17(23)16(15)18)13-7-3-2-4-8-13/h2-12,21H,1H3/t12-/m0/s1. The van der Waals surface area contributed by atoms with Gasteiger partial charge in [-0.05, 0) is 31.2 Å². The molecule has 2 aromatic heterocycles. The van der Waals surface area contributed by atoms with Crippen LogP contribution < -0.4 is 10.9 Å². The van der Waals surface area contributed by atoms with Gasteiger partial charge in [-0.3, -0.25) is 9.78 Å². The SMILES string of the molecule is C[C@H](Nc1cnn(-c2ccccc2)c(=O)c1Cl)c1ccccn1. The second-order valence-electron chi connectivity index (χ2n) is 5.05. The summed E-state index contributed by atoms with van der Waals surface area (Å²) in [7, 11) is 0. The predicted molar refractivity (Wildman–Crippen MR) is 91.1 cm³/mol. The van der Waals surface area contributed by atoms with Gasteiger partial charge < -0.3 is 5.32 Å². The topological polar surface area (TPSA) is 59.8 Å². The van der Waals surface area contributed by atoms with E-state index in [9.17, 15) is 4.79 Å². The summed E-state index contributed by atoms with van der Waals surface area (Å²) in [4.78, 5) is 16.7. The van der Waals surface area contributed by atoms with Crippen molar-refractivity contribution in [3.05, 3.63) is 82.0 Å². The van der Waals surface area contributed by atoms with Crippen molar-refractivity contribution in [3.63, 3.8) is 0 Å². The predicted octanol–water partition coefficient (Wildman–Crippen LogP) is 3.45. The van der Waals surface area contributed by atoms with E-state index in [1.54, 1.807) is 24.5 Å². The number of benzene rings is 1. The lowest BCUT2D eigenvalue weighted by atomic mass is 10.2. The lowest BCUT2D eigenvalue weighted by molar-refractivity contribution is 0.793. The van der Waals surface area contributed by atoms with Crippen LogP contribution in [0.1, 0.15) is 18.7 Å². The highest BCUT2D eigenvalue weighted by Gasteiger charge is 2.13. The third kappa shape index (κ3) is 3.24. The van der Waals surface area contributed by atoms with Gasteiger partial charge >= 0.3 is 0 Å². The maximum Gasteiger partial charge on any atom is 0.292 e. The molecule has 0 aliphatic carbocycles. The Labute approximate surface area is 138 Å². The largest absolute Gasteiger partial charge is 0.374 e. The van der Waals surface area contributed by atoms with Crippen molar-refractivity contribution in [1.82, 2.24) is 14.8 Å². The minimum absolute atomic E-state index is 0.0949. The van der Waals surface area contributed by atoms with Crippen molar-refractivity contribution < 1.29 is 0 Å². The van der Waals surface area contributed by atoms with Gasteiger partial charge in [-0.1, -0.05) is 35.9 Å². The second kappa shape index (κ2) is 6.62. The Morgan fingerprint density at radius 3 is 2.57 bits per heavy atom. The Morgan fingerprint density at radius 2 is 1.87 bits per heavy atom. The van der Waals surface area contributed by atoms with Crippen molar-refractivity contribution in [2.24, 2.45) is 0 Å². The average molecular weight is 327 g/mol. The van der Waals surface area contributed by atoms with E-state index >= 15 is 0 Å². The number of nitrogens with zero attached hydrogens (tertiary/aromatic N) is 3. The molecule has 1 atom stereocenters. The maximum atomic E-state index is 12.4. The van der Waals surface area contributed by atoms with Crippen LogP contribution in [0.25, 0.3) is 5.69 Å². The molecule has 116 valence electrons. The fraction of sp³-hybridized carbons (Fsp3) is 0.118. The van der Waals surface area contributed by atoms with Gasteiger partial charge in [0.1, 0.15) is 5.02 Å². The smallest absolute Gasteiger partial charge is 0.292 e. The molecule has 0 amide bonds. The first-order valence-corrected chi connectivity index (χ1v) is 7.55. The van der Waals surface area contributed by atoms with Crippen molar-refractivity contribution in [1.29, 1.82) is 0 Å². The summed E-state index contributed by atoms with van der Waals surface area (Å²) in [5.74, 6) is 0. The molecule has 0 unspecified atom stereocenters. The van der Waals surface area contributed by atoms with Crippen LogP contribution in [0.5, 0.6) is 0 Å². The van der Waals surface area contributed by atoms with Crippen LogP contribution >= 0.6 is 11.6 Å². The summed E-state index contributed by atoms with van der Waals surface area (Å²) in [6.45, 7) is 1.95. The molecule has 0 radical (unpaired) electrons. The fourth-order valence-corrected chi connectivity index (χ4v) is 2.41. The number of halogens is 1. The zero-order chi connectivity index (χ0) is 16.2. The van der Waals surface area contributed by atoms with Crippen molar-refractivity contribution in [3.8, 4) is 5.69 Å². The highest BCUT2D eigenvalue weighted by Crippen LogP contribution is 2.22. The van der Waals surface area contributed by atoms with E-state index in [4.69, 9.17) is 11.6 Å². The van der Waals surface area contributed by atoms with Gasteiger partial charge in [0.25, 0.3) is 5.56 Å². The van der Waals surface area contributed by atoms with Gasteiger partial charge in [0, 0.05) is 6.20 Å². The molecule has 0 fully saturated rings. The lowest BCUT2D eigenvalue weighted by Crippen LogP contribution is -2.23. The quantitative estimate of drug-likeness (QED) is 0.797. The zero-order valence-corrected chi connectivity index (χ0v) is 13.2. The molecule has 0 aliphatic heterocycles. The minimum Gasteiger partial charge on any atom is -0.374 e. The summed E-state index contributed by atoms with van der Waals surface area (Å²) in [5.41, 5.74) is 1.65. The third-order valence-corrected chi connectivity index (χ3v) is 3.79. The number of anilines is 1. The highest BCUT2D eigenvalue weighted by atomic mass is 35.5. The molecule has 3 rings (SSSR count). The molecular formula is C17H15ClN4O. The Bertz CT molecular complexity index is 849. The second-order valence-corrected chi connectivity index (χ2v) is 5.42. The van der Waals surface area contributed by atoms with Crippen LogP contribution in [0, 0.1) is 0 Å². The zero-order valence-electron chi connectivity index (χ0n) is 12.5. The van der Waals surface area contributed by atoms with Gasteiger partial charge in [-0.15, -0.1) is 0 Å². The first-order valence-electron chi connectivity index (χ1n) is 7.17. The van der Waals surface area contributed by atoms with Gasteiger partial charge in [0.2, 0.25) is 0 Å². The maximum absolute atomic E-state index is 12.4. The summed E-state index contributed by atoms with van der Waals surface area (Å²) >= 11 is 6.22. The summed E-state index contributed by atoms with van der Waals surface area (Å²) in [5, 5.41) is 7.47. The first kappa shape index (κ1) is 15.2. The molecule has 0 spiro atoms. The van der Waals surface area contributed by atoms with E-state index < -0.39 is 0 Å². The molecule has 1 N–H and O–H groups in total. The van der Waals surface area contributed by atoms with Crippen molar-refractivity contribution >= 4 is 17.3 Å². The Hall–Kier alpha value is -2.66. The molecule has 5 nitrogen and oxygen atoms in total. The molecule has 6 heteroatoms. The lowest BCUT2D eigenvalue weighted by Gasteiger charge is -2.16. The van der Waals surface area contributed by atoms with Gasteiger partial charge in [0.05, 0.1) is 29.3 Å². The summed E-state index contributed by atoms with van der Waals surface area (Å²) in [6.07, 6.45) is 3.27. The Balaban J connectivity index is 1.91. The number of aromatic nitrogens is 3. The van der Waals surface area contributed by atoms with Crippen LogP contribution in [-0.4, -0.2) is 14.8 Å². The number of rotatable bonds is 4. The minimum atomic E-state index is -0.365. The molecule has 23 heavy (non-hydrogen) atoms. The van der Waals surface area contributed by atoms with Crippen LogP contribution in [0.4, 0.5) is 5.69 Å². The van der Waals surface area contributed by atoms with E-state index in [0.717, 1.165) is 5.69 Å². The Kier molecular flexibility index (Phi) is 4.39. The number of hydrogen-bond donors (Lipinski definition) is 1.